The molecule has 1 fully saturated rings. The molecule has 2 aromatic rings. The lowest BCUT2D eigenvalue weighted by Gasteiger charge is -2.38. The molecule has 0 bridgehead atoms. The first-order valence-corrected chi connectivity index (χ1v) is 12.0. The first-order chi connectivity index (χ1) is 14.3. The third kappa shape index (κ3) is 12.8. The molecule has 0 unspecified atom stereocenters. The molecule has 3 rings (SSSR count). The van der Waals surface area contributed by atoms with Gasteiger partial charge in [-0.05, 0) is 106 Å². The van der Waals surface area contributed by atoms with Crippen LogP contribution in [0.15, 0.2) is 54.9 Å². The number of piperidine rings is 1. The van der Waals surface area contributed by atoms with E-state index in [1.54, 1.807) is 0 Å². The van der Waals surface area contributed by atoms with E-state index in [0.717, 1.165) is 6.54 Å². The van der Waals surface area contributed by atoms with Gasteiger partial charge in [-0.3, -0.25) is 4.90 Å². The van der Waals surface area contributed by atoms with Gasteiger partial charge in [-0.1, -0.05) is 36.8 Å². The zero-order chi connectivity index (χ0) is 23.5. The van der Waals surface area contributed by atoms with Crippen molar-refractivity contribution in [3.8, 4) is 0 Å². The van der Waals surface area contributed by atoms with E-state index in [0.29, 0.717) is 5.54 Å². The van der Waals surface area contributed by atoms with Gasteiger partial charge in [0.25, 0.3) is 0 Å². The average molecular weight is 428 g/mol. The summed E-state index contributed by atoms with van der Waals surface area (Å²) in [6, 6.07) is 14.5. The number of nitrogens with one attached hydrogen (secondary N) is 1. The number of rotatable bonds is 2. The van der Waals surface area contributed by atoms with Crippen LogP contribution >= 0.6 is 0 Å². The smallest absolute Gasteiger partial charge is 0.0355 e. The Balaban J connectivity index is 0.000000235. The SMILES string of the molecule is CC(C)(C)N1CCCCC1.CC(C)(C)NCc1ccccc1.CC(C)(C)n1cccc1. The van der Waals surface area contributed by atoms with E-state index in [9.17, 15) is 0 Å². The van der Waals surface area contributed by atoms with Gasteiger partial charge in [0.05, 0.1) is 0 Å². The molecule has 3 heteroatoms. The first-order valence-electron chi connectivity index (χ1n) is 12.0. The summed E-state index contributed by atoms with van der Waals surface area (Å²) < 4.78 is 2.19. The molecule has 1 aromatic heterocycles. The number of likely N-dealkylation sites (tertiary alicyclic amines) is 1. The fourth-order valence-corrected chi connectivity index (χ4v) is 3.31. The van der Waals surface area contributed by atoms with Crippen molar-refractivity contribution in [3.05, 3.63) is 60.4 Å². The summed E-state index contributed by atoms with van der Waals surface area (Å²) in [5.41, 5.74) is 2.19. The van der Waals surface area contributed by atoms with Crippen molar-refractivity contribution in [2.24, 2.45) is 0 Å². The Morgan fingerprint density at radius 1 is 0.677 bits per heavy atom. The molecular weight excluding hydrogens is 378 g/mol. The van der Waals surface area contributed by atoms with Crippen molar-refractivity contribution in [1.82, 2.24) is 14.8 Å². The minimum absolute atomic E-state index is 0.204. The van der Waals surface area contributed by atoms with Crippen LogP contribution in [0.4, 0.5) is 0 Å². The van der Waals surface area contributed by atoms with Crippen LogP contribution in [0.3, 0.4) is 0 Å². The summed E-state index contributed by atoms with van der Waals surface area (Å²) in [7, 11) is 0. The van der Waals surface area contributed by atoms with E-state index in [2.05, 4.69) is 114 Å². The zero-order valence-electron chi connectivity index (χ0n) is 21.8. The Morgan fingerprint density at radius 3 is 1.55 bits per heavy atom. The van der Waals surface area contributed by atoms with E-state index in [-0.39, 0.29) is 11.1 Å². The third-order valence-electron chi connectivity index (χ3n) is 5.35. The second kappa shape index (κ2) is 12.5. The van der Waals surface area contributed by atoms with Gasteiger partial charge in [-0.2, -0.15) is 0 Å². The van der Waals surface area contributed by atoms with E-state index < -0.39 is 0 Å². The van der Waals surface area contributed by atoms with Crippen molar-refractivity contribution >= 4 is 0 Å². The average Bonchev–Trinajstić information content (AvgIpc) is 3.23. The van der Waals surface area contributed by atoms with Crippen molar-refractivity contribution in [1.29, 1.82) is 0 Å². The molecule has 0 amide bonds. The highest BCUT2D eigenvalue weighted by Crippen LogP contribution is 2.19. The highest BCUT2D eigenvalue weighted by Gasteiger charge is 2.22. The Labute approximate surface area is 193 Å². The van der Waals surface area contributed by atoms with Crippen LogP contribution in [0.25, 0.3) is 0 Å². The second-order valence-corrected chi connectivity index (χ2v) is 11.6. The van der Waals surface area contributed by atoms with Gasteiger partial charge in [-0.15, -0.1) is 0 Å². The number of benzene rings is 1. The minimum Gasteiger partial charge on any atom is -0.349 e. The van der Waals surface area contributed by atoms with Gasteiger partial charge in [-0.25, -0.2) is 0 Å². The largest absolute Gasteiger partial charge is 0.349 e. The van der Waals surface area contributed by atoms with Crippen molar-refractivity contribution < 1.29 is 0 Å². The first kappa shape index (κ1) is 27.5. The maximum Gasteiger partial charge on any atom is 0.0355 e. The Hall–Kier alpha value is -1.58. The zero-order valence-corrected chi connectivity index (χ0v) is 21.8. The Bertz CT molecular complexity index is 677. The van der Waals surface area contributed by atoms with E-state index in [4.69, 9.17) is 0 Å². The predicted molar refractivity (Wildman–Crippen MR) is 138 cm³/mol. The lowest BCUT2D eigenvalue weighted by molar-refractivity contribution is 0.111. The van der Waals surface area contributed by atoms with Gasteiger partial charge in [0.1, 0.15) is 0 Å². The van der Waals surface area contributed by atoms with E-state index >= 15 is 0 Å². The lowest BCUT2D eigenvalue weighted by Crippen LogP contribution is -2.44. The van der Waals surface area contributed by atoms with Gasteiger partial charge >= 0.3 is 0 Å². The Kier molecular flexibility index (Phi) is 11.0. The normalized spacial score (nSPS) is 15.4. The molecule has 0 aliphatic carbocycles. The molecule has 1 saturated heterocycles. The molecule has 3 nitrogen and oxygen atoms in total. The van der Waals surface area contributed by atoms with Gasteiger partial charge in [0.2, 0.25) is 0 Å². The highest BCUT2D eigenvalue weighted by molar-refractivity contribution is 5.14. The van der Waals surface area contributed by atoms with Gasteiger partial charge in [0, 0.05) is 35.6 Å². The minimum atomic E-state index is 0.204. The second-order valence-electron chi connectivity index (χ2n) is 11.6. The molecule has 1 aliphatic rings. The third-order valence-corrected chi connectivity index (χ3v) is 5.35. The summed E-state index contributed by atoms with van der Waals surface area (Å²) in [5, 5.41) is 3.44. The van der Waals surface area contributed by atoms with Crippen molar-refractivity contribution in [2.75, 3.05) is 13.1 Å². The summed E-state index contributed by atoms with van der Waals surface area (Å²) in [4.78, 5) is 2.58. The standard InChI is InChI=1S/C11H17N.C9H19N.C8H13N/c1-11(2,3)12-9-10-7-5-4-6-8-10;1-9(2,3)10-7-5-4-6-8-10;1-8(2,3)9-6-4-5-7-9/h4-8,12H,9H2,1-3H3;4-8H2,1-3H3;4-7H,1-3H3. The molecule has 0 spiro atoms. The van der Waals surface area contributed by atoms with E-state index in [1.807, 2.05) is 18.2 Å². The molecule has 176 valence electrons. The van der Waals surface area contributed by atoms with Crippen molar-refractivity contribution in [2.45, 2.75) is 105 Å². The summed E-state index contributed by atoms with van der Waals surface area (Å²) in [5.74, 6) is 0. The van der Waals surface area contributed by atoms with Crippen LogP contribution in [0, 0.1) is 0 Å². The molecule has 1 aromatic carbocycles. The topological polar surface area (TPSA) is 20.2 Å². The van der Waals surface area contributed by atoms with Crippen LogP contribution in [0.1, 0.15) is 87.1 Å². The fourth-order valence-electron chi connectivity index (χ4n) is 3.31. The summed E-state index contributed by atoms with van der Waals surface area (Å²) in [6.07, 6.45) is 8.40. The lowest BCUT2D eigenvalue weighted by atomic mass is 10.0. The number of nitrogens with zero attached hydrogens (tertiary/aromatic N) is 2. The van der Waals surface area contributed by atoms with Crippen LogP contribution in [0.2, 0.25) is 0 Å². The maximum atomic E-state index is 3.44. The number of aromatic nitrogens is 1. The molecule has 31 heavy (non-hydrogen) atoms. The summed E-state index contributed by atoms with van der Waals surface area (Å²) in [6.45, 7) is 23.6. The Morgan fingerprint density at radius 2 is 1.19 bits per heavy atom. The molecular formula is C28H49N3. The molecule has 2 heterocycles. The van der Waals surface area contributed by atoms with E-state index in [1.165, 1.54) is 37.9 Å². The molecule has 0 radical (unpaired) electrons. The molecule has 1 aliphatic heterocycles. The molecule has 0 atom stereocenters. The van der Waals surface area contributed by atoms with Crippen LogP contribution in [-0.4, -0.2) is 33.6 Å². The molecule has 0 saturated carbocycles. The van der Waals surface area contributed by atoms with Gasteiger partial charge in [0.15, 0.2) is 0 Å². The predicted octanol–water partition coefficient (Wildman–Crippen LogP) is 7.09. The fraction of sp³-hybridized carbons (Fsp3) is 0.643. The maximum absolute atomic E-state index is 3.44. The number of hydrogen-bond donors (Lipinski definition) is 1. The van der Waals surface area contributed by atoms with Crippen molar-refractivity contribution in [3.63, 3.8) is 0 Å². The highest BCUT2D eigenvalue weighted by atomic mass is 15.2. The molecule has 1 N–H and O–H groups in total. The number of hydrogen-bond acceptors (Lipinski definition) is 2. The quantitative estimate of drug-likeness (QED) is 0.552. The summed E-state index contributed by atoms with van der Waals surface area (Å²) >= 11 is 0. The monoisotopic (exact) mass is 427 g/mol. The van der Waals surface area contributed by atoms with Crippen LogP contribution in [0.5, 0.6) is 0 Å². The van der Waals surface area contributed by atoms with Crippen LogP contribution < -0.4 is 5.32 Å². The van der Waals surface area contributed by atoms with Crippen LogP contribution in [-0.2, 0) is 12.1 Å². The van der Waals surface area contributed by atoms with Gasteiger partial charge < -0.3 is 9.88 Å².